The topological polar surface area (TPSA) is 51.0 Å². The molecule has 0 saturated carbocycles. The molecule has 4 nitrogen and oxygen atoms in total. The molecule has 0 radical (unpaired) electrons. The smallest absolute Gasteiger partial charge is 0.174 e. The molecule has 17 heavy (non-hydrogen) atoms. The highest BCUT2D eigenvalue weighted by Gasteiger charge is 2.18. The van der Waals surface area contributed by atoms with Crippen LogP contribution < -0.4 is 5.32 Å². The van der Waals surface area contributed by atoms with Gasteiger partial charge in [-0.25, -0.2) is 9.97 Å². The van der Waals surface area contributed by atoms with Crippen molar-refractivity contribution >= 4 is 15.9 Å². The highest BCUT2D eigenvalue weighted by atomic mass is 79.9. The standard InChI is InChI=1S/C12H14BrN3O/c1-2-4-16-11(9-6-14-8-15-7-9)10-3-5-17-12(10)13/h3,5-8,11,16H,2,4H2,1H3. The molecule has 0 aliphatic carbocycles. The van der Waals surface area contributed by atoms with Crippen LogP contribution in [0.15, 0.2) is 40.1 Å². The highest BCUT2D eigenvalue weighted by molar-refractivity contribution is 9.10. The lowest BCUT2D eigenvalue weighted by Gasteiger charge is -2.17. The summed E-state index contributed by atoms with van der Waals surface area (Å²) in [6, 6.07) is 2.01. The van der Waals surface area contributed by atoms with E-state index in [0.29, 0.717) is 0 Å². The van der Waals surface area contributed by atoms with E-state index in [1.807, 2.05) is 18.5 Å². The van der Waals surface area contributed by atoms with E-state index >= 15 is 0 Å². The zero-order chi connectivity index (χ0) is 12.1. The number of nitrogens with zero attached hydrogens (tertiary/aromatic N) is 2. The minimum atomic E-state index is 0.0595. The van der Waals surface area contributed by atoms with Crippen molar-refractivity contribution < 1.29 is 4.42 Å². The summed E-state index contributed by atoms with van der Waals surface area (Å²) in [5.74, 6) is 0. The summed E-state index contributed by atoms with van der Waals surface area (Å²) >= 11 is 3.41. The predicted octanol–water partition coefficient (Wildman–Crippen LogP) is 2.92. The first-order valence-corrected chi connectivity index (χ1v) is 6.33. The van der Waals surface area contributed by atoms with Gasteiger partial charge in [0.1, 0.15) is 6.33 Å². The molecule has 0 saturated heterocycles. The van der Waals surface area contributed by atoms with Crippen molar-refractivity contribution in [3.63, 3.8) is 0 Å². The Kier molecular flexibility index (Phi) is 4.28. The molecule has 0 aromatic carbocycles. The molecule has 5 heteroatoms. The summed E-state index contributed by atoms with van der Waals surface area (Å²) in [5.41, 5.74) is 2.09. The number of hydrogen-bond donors (Lipinski definition) is 1. The van der Waals surface area contributed by atoms with E-state index in [4.69, 9.17) is 4.42 Å². The van der Waals surface area contributed by atoms with Gasteiger partial charge in [0.15, 0.2) is 4.67 Å². The molecule has 2 aromatic heterocycles. The van der Waals surface area contributed by atoms with Crippen molar-refractivity contribution in [2.75, 3.05) is 6.54 Å². The van der Waals surface area contributed by atoms with Gasteiger partial charge in [0.05, 0.1) is 12.3 Å². The molecule has 0 aliphatic rings. The Bertz CT molecular complexity index is 458. The van der Waals surface area contributed by atoms with Gasteiger partial charge in [-0.15, -0.1) is 0 Å². The van der Waals surface area contributed by atoms with Crippen molar-refractivity contribution in [2.24, 2.45) is 0 Å². The molecule has 1 atom stereocenters. The van der Waals surface area contributed by atoms with E-state index in [2.05, 4.69) is 38.1 Å². The third-order valence-corrected chi connectivity index (χ3v) is 3.11. The largest absolute Gasteiger partial charge is 0.457 e. The highest BCUT2D eigenvalue weighted by Crippen LogP contribution is 2.28. The van der Waals surface area contributed by atoms with Crippen LogP contribution in [-0.2, 0) is 0 Å². The van der Waals surface area contributed by atoms with Crippen molar-refractivity contribution in [1.29, 1.82) is 0 Å². The van der Waals surface area contributed by atoms with Crippen LogP contribution in [0.25, 0.3) is 0 Å². The third kappa shape index (κ3) is 2.92. The van der Waals surface area contributed by atoms with Gasteiger partial charge < -0.3 is 9.73 Å². The fourth-order valence-corrected chi connectivity index (χ4v) is 2.14. The zero-order valence-electron chi connectivity index (χ0n) is 9.56. The Morgan fingerprint density at radius 2 is 2.18 bits per heavy atom. The summed E-state index contributed by atoms with van der Waals surface area (Å²) in [4.78, 5) is 8.11. The molecular weight excluding hydrogens is 282 g/mol. The van der Waals surface area contributed by atoms with Gasteiger partial charge in [-0.1, -0.05) is 6.92 Å². The quantitative estimate of drug-likeness (QED) is 0.921. The van der Waals surface area contributed by atoms with Crippen LogP contribution in [0.4, 0.5) is 0 Å². The van der Waals surface area contributed by atoms with E-state index in [1.165, 1.54) is 6.33 Å². The second-order valence-electron chi connectivity index (χ2n) is 3.71. The molecule has 2 rings (SSSR count). The summed E-state index contributed by atoms with van der Waals surface area (Å²) in [6.07, 6.45) is 7.91. The molecule has 2 aromatic rings. The summed E-state index contributed by atoms with van der Waals surface area (Å²) in [5, 5.41) is 3.46. The molecule has 0 fully saturated rings. The normalized spacial score (nSPS) is 12.6. The van der Waals surface area contributed by atoms with E-state index in [0.717, 1.165) is 28.8 Å². The maximum Gasteiger partial charge on any atom is 0.174 e. The van der Waals surface area contributed by atoms with Crippen LogP contribution in [0.1, 0.15) is 30.5 Å². The molecular formula is C12H14BrN3O. The van der Waals surface area contributed by atoms with Crippen LogP contribution in [0.3, 0.4) is 0 Å². The second kappa shape index (κ2) is 5.93. The summed E-state index contributed by atoms with van der Waals surface area (Å²) in [7, 11) is 0. The lowest BCUT2D eigenvalue weighted by atomic mass is 10.0. The van der Waals surface area contributed by atoms with E-state index in [-0.39, 0.29) is 6.04 Å². The Hall–Kier alpha value is -1.20. The van der Waals surface area contributed by atoms with Gasteiger partial charge in [0, 0.05) is 23.5 Å². The van der Waals surface area contributed by atoms with Crippen LogP contribution in [0.5, 0.6) is 0 Å². The fourth-order valence-electron chi connectivity index (χ4n) is 1.67. The van der Waals surface area contributed by atoms with Crippen molar-refractivity contribution in [1.82, 2.24) is 15.3 Å². The SMILES string of the molecule is CCCNC(c1cncnc1)c1ccoc1Br. The van der Waals surface area contributed by atoms with Crippen LogP contribution >= 0.6 is 15.9 Å². The second-order valence-corrected chi connectivity index (χ2v) is 4.43. The lowest BCUT2D eigenvalue weighted by Crippen LogP contribution is -2.23. The maximum atomic E-state index is 5.28. The minimum absolute atomic E-state index is 0.0595. The lowest BCUT2D eigenvalue weighted by molar-refractivity contribution is 0.523. The number of furan rings is 1. The molecule has 0 spiro atoms. The average molecular weight is 296 g/mol. The van der Waals surface area contributed by atoms with Gasteiger partial charge in [-0.2, -0.15) is 0 Å². The molecule has 90 valence electrons. The third-order valence-electron chi connectivity index (χ3n) is 2.47. The molecule has 1 unspecified atom stereocenters. The van der Waals surface area contributed by atoms with Gasteiger partial charge in [-0.3, -0.25) is 0 Å². The van der Waals surface area contributed by atoms with E-state index in [9.17, 15) is 0 Å². The molecule has 0 aliphatic heterocycles. The predicted molar refractivity (Wildman–Crippen MR) is 68.6 cm³/mol. The van der Waals surface area contributed by atoms with Crippen molar-refractivity contribution in [2.45, 2.75) is 19.4 Å². The van der Waals surface area contributed by atoms with Crippen LogP contribution in [-0.4, -0.2) is 16.5 Å². The molecule has 2 heterocycles. The first-order valence-electron chi connectivity index (χ1n) is 5.54. The molecule has 0 amide bonds. The van der Waals surface area contributed by atoms with Crippen molar-refractivity contribution in [3.05, 3.63) is 46.8 Å². The Morgan fingerprint density at radius 3 is 2.76 bits per heavy atom. The Morgan fingerprint density at radius 1 is 1.41 bits per heavy atom. The number of rotatable bonds is 5. The maximum absolute atomic E-state index is 5.28. The number of hydrogen-bond acceptors (Lipinski definition) is 4. The molecule has 0 bridgehead atoms. The monoisotopic (exact) mass is 295 g/mol. The summed E-state index contributed by atoms with van der Waals surface area (Å²) < 4.78 is 6.03. The minimum Gasteiger partial charge on any atom is -0.457 e. The Balaban J connectivity index is 2.29. The number of aromatic nitrogens is 2. The van der Waals surface area contributed by atoms with Gasteiger partial charge in [0.2, 0.25) is 0 Å². The fraction of sp³-hybridized carbons (Fsp3) is 0.333. The molecule has 1 N–H and O–H groups in total. The van der Waals surface area contributed by atoms with Crippen molar-refractivity contribution in [3.8, 4) is 0 Å². The van der Waals surface area contributed by atoms with Crippen LogP contribution in [0, 0.1) is 0 Å². The van der Waals surface area contributed by atoms with Crippen LogP contribution in [0.2, 0.25) is 0 Å². The Labute approximate surface area is 109 Å². The summed E-state index contributed by atoms with van der Waals surface area (Å²) in [6.45, 7) is 3.06. The number of nitrogens with one attached hydrogen (secondary N) is 1. The first-order chi connectivity index (χ1) is 8.33. The number of halogens is 1. The van der Waals surface area contributed by atoms with E-state index < -0.39 is 0 Å². The van der Waals surface area contributed by atoms with Gasteiger partial charge in [-0.05, 0) is 35.0 Å². The van der Waals surface area contributed by atoms with Gasteiger partial charge >= 0.3 is 0 Å². The zero-order valence-corrected chi connectivity index (χ0v) is 11.1. The van der Waals surface area contributed by atoms with E-state index in [1.54, 1.807) is 6.26 Å². The van der Waals surface area contributed by atoms with Gasteiger partial charge in [0.25, 0.3) is 0 Å². The average Bonchev–Trinajstić information content (AvgIpc) is 2.78. The first kappa shape index (κ1) is 12.3.